The molecule has 0 aliphatic carbocycles. The zero-order valence-corrected chi connectivity index (χ0v) is 15.8. The summed E-state index contributed by atoms with van der Waals surface area (Å²) < 4.78 is 11.3. The molecule has 1 atom stereocenters. The van der Waals surface area contributed by atoms with Crippen molar-refractivity contribution in [1.82, 2.24) is 5.32 Å². The summed E-state index contributed by atoms with van der Waals surface area (Å²) in [6.07, 6.45) is 0.850. The van der Waals surface area contributed by atoms with Gasteiger partial charge in [-0.1, -0.05) is 48.4 Å². The number of hydrogen-bond donors (Lipinski definition) is 2. The van der Waals surface area contributed by atoms with Crippen LogP contribution in [0.5, 0.6) is 11.5 Å². The molecule has 5 heteroatoms. The van der Waals surface area contributed by atoms with Gasteiger partial charge in [0.25, 0.3) is 0 Å². The first-order chi connectivity index (χ1) is 12.1. The monoisotopic (exact) mass is 363 g/mol. The van der Waals surface area contributed by atoms with Crippen LogP contribution in [0.25, 0.3) is 0 Å². The summed E-state index contributed by atoms with van der Waals surface area (Å²) >= 11 is 6.39. The van der Waals surface area contributed by atoms with Crippen LogP contribution in [0.1, 0.15) is 30.0 Å². The third kappa shape index (κ3) is 5.63. The number of aliphatic hydroxyl groups is 1. The van der Waals surface area contributed by atoms with Gasteiger partial charge < -0.3 is 19.9 Å². The molecule has 0 aliphatic heterocycles. The zero-order chi connectivity index (χ0) is 18.2. The molecule has 0 amide bonds. The van der Waals surface area contributed by atoms with Crippen molar-refractivity contribution >= 4 is 11.6 Å². The molecule has 0 bridgehead atoms. The molecule has 0 heterocycles. The van der Waals surface area contributed by atoms with Crippen molar-refractivity contribution in [3.8, 4) is 11.5 Å². The molecule has 0 radical (unpaired) electrons. The fraction of sp³-hybridized carbons (Fsp3) is 0.400. The second kappa shape index (κ2) is 9.66. The molecule has 2 aromatic rings. The van der Waals surface area contributed by atoms with Crippen LogP contribution in [0.2, 0.25) is 5.02 Å². The van der Waals surface area contributed by atoms with E-state index in [1.165, 1.54) is 5.56 Å². The van der Waals surface area contributed by atoms with E-state index in [0.29, 0.717) is 29.7 Å². The molecule has 2 rings (SSSR count). The number of hydrogen-bond acceptors (Lipinski definition) is 4. The molecule has 0 saturated carbocycles. The minimum absolute atomic E-state index is 0.0551. The van der Waals surface area contributed by atoms with E-state index in [-0.39, 0.29) is 12.6 Å². The van der Waals surface area contributed by atoms with Gasteiger partial charge >= 0.3 is 0 Å². The van der Waals surface area contributed by atoms with Gasteiger partial charge in [-0.25, -0.2) is 0 Å². The van der Waals surface area contributed by atoms with E-state index in [4.69, 9.17) is 21.1 Å². The van der Waals surface area contributed by atoms with Crippen molar-refractivity contribution in [3.63, 3.8) is 0 Å². The van der Waals surface area contributed by atoms with Crippen molar-refractivity contribution in [2.45, 2.75) is 39.5 Å². The van der Waals surface area contributed by atoms with E-state index in [0.717, 1.165) is 17.5 Å². The van der Waals surface area contributed by atoms with Gasteiger partial charge in [-0.15, -0.1) is 0 Å². The Hall–Kier alpha value is -1.75. The van der Waals surface area contributed by atoms with Gasteiger partial charge in [-0.2, -0.15) is 0 Å². The smallest absolute Gasteiger partial charge is 0.163 e. The molecule has 25 heavy (non-hydrogen) atoms. The molecule has 1 unspecified atom stereocenters. The van der Waals surface area contributed by atoms with Crippen LogP contribution in [0.3, 0.4) is 0 Å². The molecular weight excluding hydrogens is 338 g/mol. The quantitative estimate of drug-likeness (QED) is 0.704. The molecule has 0 aromatic heterocycles. The first kappa shape index (κ1) is 19.6. The summed E-state index contributed by atoms with van der Waals surface area (Å²) in [5.41, 5.74) is 3.21. The Morgan fingerprint density at radius 1 is 1.16 bits per heavy atom. The topological polar surface area (TPSA) is 50.7 Å². The molecule has 2 N–H and O–H groups in total. The second-order valence-corrected chi connectivity index (χ2v) is 6.44. The third-order valence-corrected chi connectivity index (χ3v) is 4.49. The summed E-state index contributed by atoms with van der Waals surface area (Å²) in [6.45, 7) is 5.20. The molecule has 0 aliphatic rings. The van der Waals surface area contributed by atoms with E-state index < -0.39 is 0 Å². The lowest BCUT2D eigenvalue weighted by Gasteiger charge is -2.17. The highest BCUT2D eigenvalue weighted by molar-refractivity contribution is 6.31. The number of methoxy groups -OCH3 is 1. The number of benzene rings is 2. The number of nitrogens with one attached hydrogen (secondary N) is 1. The lowest BCUT2D eigenvalue weighted by Crippen LogP contribution is -2.31. The summed E-state index contributed by atoms with van der Waals surface area (Å²) in [6, 6.07) is 11.9. The van der Waals surface area contributed by atoms with Crippen LogP contribution in [0, 0.1) is 6.92 Å². The number of ether oxygens (including phenoxy) is 2. The predicted octanol–water partition coefficient (Wildman–Crippen LogP) is 4.10. The van der Waals surface area contributed by atoms with Crippen molar-refractivity contribution < 1.29 is 14.6 Å². The summed E-state index contributed by atoms with van der Waals surface area (Å²) in [4.78, 5) is 0. The van der Waals surface area contributed by atoms with Crippen LogP contribution in [-0.4, -0.2) is 24.9 Å². The largest absolute Gasteiger partial charge is 0.493 e. The summed E-state index contributed by atoms with van der Waals surface area (Å²) in [5.74, 6) is 1.26. The van der Waals surface area contributed by atoms with E-state index >= 15 is 0 Å². The minimum Gasteiger partial charge on any atom is -0.493 e. The molecule has 2 aromatic carbocycles. The van der Waals surface area contributed by atoms with Gasteiger partial charge in [0.2, 0.25) is 0 Å². The van der Waals surface area contributed by atoms with Gasteiger partial charge in [0.1, 0.15) is 6.61 Å². The molecule has 0 saturated heterocycles. The fourth-order valence-electron chi connectivity index (χ4n) is 2.42. The molecular formula is C20H26ClNO3. The lowest BCUT2D eigenvalue weighted by molar-refractivity contribution is 0.238. The van der Waals surface area contributed by atoms with Crippen LogP contribution in [0.15, 0.2) is 36.4 Å². The minimum atomic E-state index is 0.0551. The Kier molecular flexibility index (Phi) is 7.56. The van der Waals surface area contributed by atoms with Crippen LogP contribution in [-0.2, 0) is 13.2 Å². The normalized spacial score (nSPS) is 12.0. The zero-order valence-electron chi connectivity index (χ0n) is 15.0. The predicted molar refractivity (Wildman–Crippen MR) is 102 cm³/mol. The average molecular weight is 364 g/mol. The number of halogens is 1. The Labute approximate surface area is 154 Å². The van der Waals surface area contributed by atoms with Gasteiger partial charge in [0.15, 0.2) is 11.5 Å². The highest BCUT2D eigenvalue weighted by Gasteiger charge is 2.12. The standard InChI is InChI=1S/C20H26ClNO3/c1-4-17(12-23)22-11-16-9-19(24-3)20(10-18(16)21)25-13-15-7-5-14(2)6-8-15/h5-10,17,22-23H,4,11-13H2,1-3H3. The van der Waals surface area contributed by atoms with Crippen molar-refractivity contribution in [2.75, 3.05) is 13.7 Å². The first-order valence-electron chi connectivity index (χ1n) is 8.46. The van der Waals surface area contributed by atoms with E-state index in [9.17, 15) is 5.11 Å². The van der Waals surface area contributed by atoms with Crippen molar-refractivity contribution in [2.24, 2.45) is 0 Å². The fourth-order valence-corrected chi connectivity index (χ4v) is 2.64. The molecule has 136 valence electrons. The highest BCUT2D eigenvalue weighted by atomic mass is 35.5. The number of aliphatic hydroxyl groups excluding tert-OH is 1. The van der Waals surface area contributed by atoms with Crippen molar-refractivity contribution in [1.29, 1.82) is 0 Å². The summed E-state index contributed by atoms with van der Waals surface area (Å²) in [7, 11) is 1.61. The molecule has 4 nitrogen and oxygen atoms in total. The maximum atomic E-state index is 9.27. The second-order valence-electron chi connectivity index (χ2n) is 6.04. The van der Waals surface area contributed by atoms with Gasteiger partial charge in [0.05, 0.1) is 13.7 Å². The number of aryl methyl sites for hydroxylation is 1. The van der Waals surface area contributed by atoms with Crippen LogP contribution in [0.4, 0.5) is 0 Å². The average Bonchev–Trinajstić information content (AvgIpc) is 2.63. The Morgan fingerprint density at radius 2 is 1.88 bits per heavy atom. The maximum absolute atomic E-state index is 9.27. The first-order valence-corrected chi connectivity index (χ1v) is 8.84. The molecule has 0 spiro atoms. The van der Waals surface area contributed by atoms with Gasteiger partial charge in [-0.3, -0.25) is 0 Å². The number of rotatable bonds is 9. The SMILES string of the molecule is CCC(CO)NCc1cc(OC)c(OCc2ccc(C)cc2)cc1Cl. The Balaban J connectivity index is 2.08. The Bertz CT molecular complexity index is 669. The van der Waals surface area contributed by atoms with Crippen LogP contribution < -0.4 is 14.8 Å². The van der Waals surface area contributed by atoms with E-state index in [2.05, 4.69) is 24.4 Å². The lowest BCUT2D eigenvalue weighted by atomic mass is 10.1. The van der Waals surface area contributed by atoms with E-state index in [1.54, 1.807) is 13.2 Å². The highest BCUT2D eigenvalue weighted by Crippen LogP contribution is 2.34. The summed E-state index contributed by atoms with van der Waals surface area (Å²) in [5, 5.41) is 13.2. The van der Waals surface area contributed by atoms with E-state index in [1.807, 2.05) is 25.1 Å². The van der Waals surface area contributed by atoms with Crippen molar-refractivity contribution in [3.05, 3.63) is 58.1 Å². The van der Waals surface area contributed by atoms with Crippen LogP contribution >= 0.6 is 11.6 Å². The van der Waals surface area contributed by atoms with Gasteiger partial charge in [-0.05, 0) is 30.5 Å². The van der Waals surface area contributed by atoms with Gasteiger partial charge in [0, 0.05) is 23.7 Å². The Morgan fingerprint density at radius 3 is 2.48 bits per heavy atom. The third-order valence-electron chi connectivity index (χ3n) is 4.14. The maximum Gasteiger partial charge on any atom is 0.163 e. The molecule has 0 fully saturated rings.